The second kappa shape index (κ2) is 11.6. The van der Waals surface area contributed by atoms with Crippen LogP contribution in [0.2, 0.25) is 0 Å². The molecule has 0 bridgehead atoms. The molecule has 0 spiro atoms. The van der Waals surface area contributed by atoms with Crippen LogP contribution in [-0.2, 0) is 38.1 Å². The predicted octanol–water partition coefficient (Wildman–Crippen LogP) is 2.59. The Morgan fingerprint density at radius 2 is 1.57 bits per heavy atom. The Morgan fingerprint density at radius 3 is 2.03 bits per heavy atom. The molecular weight excluding hydrogens is 439 g/mol. The number of carbonyl (C=O) groups excluding carboxylic acids is 4. The van der Waals surface area contributed by atoms with Gasteiger partial charge in [0.2, 0.25) is 0 Å². The summed E-state index contributed by atoms with van der Waals surface area (Å²) >= 11 is 12.3. The molecule has 1 aliphatic rings. The van der Waals surface area contributed by atoms with Crippen LogP contribution >= 0.6 is 23.2 Å². The topological polar surface area (TPSA) is 105 Å². The molecule has 0 aliphatic heterocycles. The summed E-state index contributed by atoms with van der Waals surface area (Å²) in [6.07, 6.45) is 3.84. The lowest BCUT2D eigenvalue weighted by Crippen LogP contribution is -2.38. The van der Waals surface area contributed by atoms with E-state index in [1.807, 2.05) is 0 Å². The zero-order chi connectivity index (χ0) is 22.9. The van der Waals surface area contributed by atoms with Crippen molar-refractivity contribution in [1.29, 1.82) is 0 Å². The third kappa shape index (κ3) is 7.03. The molecule has 4 atom stereocenters. The minimum atomic E-state index is -1.84. The number of alkyl halides is 1. The zero-order valence-corrected chi connectivity index (χ0v) is 18.0. The quantitative estimate of drug-likeness (QED) is 0.212. The summed E-state index contributed by atoms with van der Waals surface area (Å²) in [5.74, 6) is -4.46. The van der Waals surface area contributed by atoms with Crippen LogP contribution in [0, 0.1) is 5.92 Å². The van der Waals surface area contributed by atoms with E-state index in [1.54, 1.807) is 0 Å². The molecule has 164 valence electrons. The molecule has 0 N–H and O–H groups in total. The summed E-state index contributed by atoms with van der Waals surface area (Å²) in [6.45, 7) is 9.39. The molecule has 0 heterocycles. The van der Waals surface area contributed by atoms with Crippen molar-refractivity contribution in [2.24, 2.45) is 5.92 Å². The first-order chi connectivity index (χ1) is 14.1. The van der Waals surface area contributed by atoms with Gasteiger partial charge in [-0.05, 0) is 19.9 Å². The second-order valence-electron chi connectivity index (χ2n) is 6.10. The average molecular weight is 461 g/mol. The van der Waals surface area contributed by atoms with E-state index in [9.17, 15) is 19.2 Å². The minimum Gasteiger partial charge on any atom is -0.459 e. The first kappa shape index (κ1) is 25.5. The summed E-state index contributed by atoms with van der Waals surface area (Å²) in [5.41, 5.74) is 0. The molecule has 0 aromatic heterocycles. The third-order valence-electron chi connectivity index (χ3n) is 3.67. The van der Waals surface area contributed by atoms with Crippen molar-refractivity contribution in [2.75, 3.05) is 13.2 Å². The smallest absolute Gasteiger partial charge is 0.347 e. The van der Waals surface area contributed by atoms with Gasteiger partial charge in [-0.3, -0.25) is 4.79 Å². The molecular formula is C20H22Cl2O8. The van der Waals surface area contributed by atoms with E-state index < -0.39 is 46.9 Å². The van der Waals surface area contributed by atoms with Crippen molar-refractivity contribution in [2.45, 2.75) is 30.9 Å². The third-order valence-corrected chi connectivity index (χ3v) is 4.40. The van der Waals surface area contributed by atoms with Crippen LogP contribution in [0.15, 0.2) is 48.6 Å². The van der Waals surface area contributed by atoms with Gasteiger partial charge >= 0.3 is 23.9 Å². The van der Waals surface area contributed by atoms with E-state index in [0.29, 0.717) is 0 Å². The molecule has 1 aliphatic carbocycles. The molecule has 0 fully saturated rings. The van der Waals surface area contributed by atoms with Gasteiger partial charge in [-0.15, -0.1) is 0 Å². The van der Waals surface area contributed by atoms with Crippen molar-refractivity contribution >= 4 is 47.1 Å². The van der Waals surface area contributed by atoms with Crippen molar-refractivity contribution in [3.63, 3.8) is 0 Å². The molecule has 10 heteroatoms. The Kier molecular flexibility index (Phi) is 9.81. The van der Waals surface area contributed by atoms with Gasteiger partial charge in [0.1, 0.15) is 19.1 Å². The standard InChI is InChI=1S/C20H22Cl2O8/c1-5-9-27-16(23)12(3)29-18(25)14-7-8-20(22,11-15(14)21)19(26)30-13(4)17(24)28-10-6-2/h5-8,11-14H,1-2,9-10H2,3-4H3/t12-,13-,14?,20?/m0/s1. The minimum absolute atomic E-state index is 0.0266. The largest absolute Gasteiger partial charge is 0.459 e. The van der Waals surface area contributed by atoms with Gasteiger partial charge in [-0.2, -0.15) is 0 Å². The summed E-state index contributed by atoms with van der Waals surface area (Å²) in [7, 11) is 0. The van der Waals surface area contributed by atoms with Crippen molar-refractivity contribution in [1.82, 2.24) is 0 Å². The lowest BCUT2D eigenvalue weighted by Gasteiger charge is -2.26. The first-order valence-corrected chi connectivity index (χ1v) is 9.54. The highest BCUT2D eigenvalue weighted by Crippen LogP contribution is 2.34. The Bertz CT molecular complexity index is 773. The number of carbonyl (C=O) groups is 4. The fraction of sp³-hybridized carbons (Fsp3) is 0.400. The van der Waals surface area contributed by atoms with Crippen LogP contribution in [-0.4, -0.2) is 54.2 Å². The van der Waals surface area contributed by atoms with Gasteiger partial charge in [0.25, 0.3) is 0 Å². The molecule has 2 unspecified atom stereocenters. The maximum atomic E-state index is 12.4. The fourth-order valence-corrected chi connectivity index (χ4v) is 2.72. The van der Waals surface area contributed by atoms with E-state index in [1.165, 1.54) is 38.2 Å². The maximum Gasteiger partial charge on any atom is 0.347 e. The number of hydrogen-bond donors (Lipinski definition) is 0. The summed E-state index contributed by atoms with van der Waals surface area (Å²) in [5, 5.41) is -0.122. The Hall–Kier alpha value is -2.58. The molecule has 0 saturated heterocycles. The van der Waals surface area contributed by atoms with Gasteiger partial charge in [0.05, 0.1) is 0 Å². The van der Waals surface area contributed by atoms with Gasteiger partial charge in [0, 0.05) is 5.03 Å². The van der Waals surface area contributed by atoms with Crippen LogP contribution in [0.4, 0.5) is 0 Å². The van der Waals surface area contributed by atoms with Crippen molar-refractivity contribution in [3.8, 4) is 0 Å². The van der Waals surface area contributed by atoms with E-state index in [0.717, 1.165) is 6.08 Å². The van der Waals surface area contributed by atoms with E-state index in [-0.39, 0.29) is 18.2 Å². The number of rotatable bonds is 10. The fourth-order valence-electron chi connectivity index (χ4n) is 2.10. The normalized spacial score (nSPS) is 22.0. The molecule has 1 rings (SSSR count). The summed E-state index contributed by atoms with van der Waals surface area (Å²) in [6, 6.07) is 0. The summed E-state index contributed by atoms with van der Waals surface area (Å²) < 4.78 is 19.6. The molecule has 0 aromatic rings. The van der Waals surface area contributed by atoms with Gasteiger partial charge < -0.3 is 18.9 Å². The predicted molar refractivity (Wildman–Crippen MR) is 109 cm³/mol. The van der Waals surface area contributed by atoms with Gasteiger partial charge in [-0.25, -0.2) is 14.4 Å². The lowest BCUT2D eigenvalue weighted by molar-refractivity contribution is -0.167. The van der Waals surface area contributed by atoms with E-state index in [4.69, 9.17) is 42.1 Å². The van der Waals surface area contributed by atoms with E-state index in [2.05, 4.69) is 13.2 Å². The molecule has 0 amide bonds. The first-order valence-electron chi connectivity index (χ1n) is 8.78. The SMILES string of the molecule is C=CCOC(=O)[C@H](C)OC(=O)C1C=CC(Cl)(C(=O)O[C@@H](C)C(=O)OCC=C)C=C1Cl. The van der Waals surface area contributed by atoms with Crippen molar-refractivity contribution < 1.29 is 38.1 Å². The molecule has 0 radical (unpaired) electrons. The van der Waals surface area contributed by atoms with Crippen LogP contribution in [0.3, 0.4) is 0 Å². The van der Waals surface area contributed by atoms with Crippen LogP contribution in [0.5, 0.6) is 0 Å². The Labute approximate surface area is 184 Å². The number of esters is 4. The molecule has 0 saturated carbocycles. The van der Waals surface area contributed by atoms with Crippen LogP contribution < -0.4 is 0 Å². The highest BCUT2D eigenvalue weighted by Gasteiger charge is 2.41. The van der Waals surface area contributed by atoms with Gasteiger partial charge in [-0.1, -0.05) is 60.7 Å². The maximum absolute atomic E-state index is 12.4. The Balaban J connectivity index is 2.76. The zero-order valence-electron chi connectivity index (χ0n) is 16.5. The van der Waals surface area contributed by atoms with Gasteiger partial charge in [0.15, 0.2) is 17.1 Å². The van der Waals surface area contributed by atoms with E-state index >= 15 is 0 Å². The highest BCUT2D eigenvalue weighted by atomic mass is 35.5. The number of hydrogen-bond acceptors (Lipinski definition) is 8. The highest BCUT2D eigenvalue weighted by molar-refractivity contribution is 6.40. The molecule has 30 heavy (non-hydrogen) atoms. The van der Waals surface area contributed by atoms with Crippen LogP contribution in [0.1, 0.15) is 13.8 Å². The molecule has 8 nitrogen and oxygen atoms in total. The summed E-state index contributed by atoms with van der Waals surface area (Å²) in [4.78, 5) is 46.2. The monoisotopic (exact) mass is 460 g/mol. The second-order valence-corrected chi connectivity index (χ2v) is 7.16. The number of ether oxygens (including phenoxy) is 4. The van der Waals surface area contributed by atoms with Crippen LogP contribution in [0.25, 0.3) is 0 Å². The lowest BCUT2D eigenvalue weighted by atomic mass is 9.95. The Morgan fingerprint density at radius 1 is 1.07 bits per heavy atom. The number of halogens is 2. The molecule has 0 aromatic carbocycles. The van der Waals surface area contributed by atoms with Crippen molar-refractivity contribution in [3.05, 3.63) is 48.6 Å². The average Bonchev–Trinajstić information content (AvgIpc) is 2.69.